The number of hydrogen-bond donors (Lipinski definition) is 0. The first-order valence-electron chi connectivity index (χ1n) is 9.28. The summed E-state index contributed by atoms with van der Waals surface area (Å²) in [6.45, 7) is 5.05. The summed E-state index contributed by atoms with van der Waals surface area (Å²) in [5.41, 5.74) is 0.526. The quantitative estimate of drug-likeness (QED) is 0.769. The Balaban J connectivity index is 1.60. The van der Waals surface area contributed by atoms with Crippen molar-refractivity contribution >= 4 is 5.91 Å². The number of nitrogens with zero attached hydrogens (tertiary/aromatic N) is 2. The van der Waals surface area contributed by atoms with Crippen LogP contribution in [0.2, 0.25) is 0 Å². The molecular weight excluding hydrogens is 369 g/mol. The van der Waals surface area contributed by atoms with Crippen LogP contribution in [0.3, 0.4) is 0 Å². The third-order valence-electron chi connectivity index (χ3n) is 4.74. The van der Waals surface area contributed by atoms with Crippen LogP contribution >= 0.6 is 0 Å². The molecule has 1 amide bonds. The van der Waals surface area contributed by atoms with Crippen molar-refractivity contribution in [1.82, 2.24) is 9.80 Å². The van der Waals surface area contributed by atoms with Gasteiger partial charge in [0.05, 0.1) is 17.7 Å². The summed E-state index contributed by atoms with van der Waals surface area (Å²) in [6.07, 6.45) is -4.34. The average Bonchev–Trinajstić information content (AvgIpc) is 2.68. The fourth-order valence-electron chi connectivity index (χ4n) is 3.31. The molecule has 0 N–H and O–H groups in total. The van der Waals surface area contributed by atoms with Crippen LogP contribution in [-0.2, 0) is 12.7 Å². The molecule has 1 fully saturated rings. The lowest BCUT2D eigenvalue weighted by Gasteiger charge is -2.35. The molecule has 7 heteroatoms. The van der Waals surface area contributed by atoms with Crippen LogP contribution in [0.25, 0.3) is 0 Å². The summed E-state index contributed by atoms with van der Waals surface area (Å²) in [7, 11) is 0. The Kier molecular flexibility index (Phi) is 6.24. The van der Waals surface area contributed by atoms with E-state index in [1.807, 2.05) is 13.0 Å². The zero-order valence-corrected chi connectivity index (χ0v) is 15.7. The number of benzene rings is 2. The van der Waals surface area contributed by atoms with Gasteiger partial charge in [0.1, 0.15) is 5.75 Å². The van der Waals surface area contributed by atoms with Crippen LogP contribution in [0.15, 0.2) is 48.5 Å². The van der Waals surface area contributed by atoms with Crippen molar-refractivity contribution in [2.75, 3.05) is 32.8 Å². The highest BCUT2D eigenvalue weighted by Crippen LogP contribution is 2.30. The maximum Gasteiger partial charge on any atom is 0.416 e. The molecule has 0 unspecified atom stereocenters. The third-order valence-corrected chi connectivity index (χ3v) is 4.74. The smallest absolute Gasteiger partial charge is 0.416 e. The summed E-state index contributed by atoms with van der Waals surface area (Å²) in [6, 6.07) is 12.6. The second kappa shape index (κ2) is 8.65. The van der Waals surface area contributed by atoms with Gasteiger partial charge >= 0.3 is 6.18 Å². The third kappa shape index (κ3) is 4.84. The first-order valence-corrected chi connectivity index (χ1v) is 9.28. The molecule has 1 saturated heterocycles. The Labute approximate surface area is 162 Å². The molecular formula is C21H23F3N2O2. The molecule has 0 spiro atoms. The molecule has 2 aromatic rings. The van der Waals surface area contributed by atoms with Crippen LogP contribution < -0.4 is 4.74 Å². The summed E-state index contributed by atoms with van der Waals surface area (Å²) in [5.74, 6) is 0.490. The van der Waals surface area contributed by atoms with E-state index < -0.39 is 11.7 Å². The largest absolute Gasteiger partial charge is 0.493 e. The predicted octanol–water partition coefficient (Wildman–Crippen LogP) is 4.06. The van der Waals surface area contributed by atoms with Crippen LogP contribution in [-0.4, -0.2) is 48.5 Å². The Morgan fingerprint density at radius 1 is 1.04 bits per heavy atom. The van der Waals surface area contributed by atoms with Gasteiger partial charge in [-0.3, -0.25) is 9.69 Å². The fraction of sp³-hybridized carbons (Fsp3) is 0.381. The molecule has 1 aliphatic heterocycles. The van der Waals surface area contributed by atoms with Gasteiger partial charge in [-0.1, -0.05) is 30.3 Å². The minimum Gasteiger partial charge on any atom is -0.493 e. The SMILES string of the molecule is CCOc1ccccc1C(=O)N1CCN(Cc2cccc(C(F)(F)F)c2)CC1. The van der Waals surface area contributed by atoms with Crippen LogP contribution in [0.4, 0.5) is 13.2 Å². The Morgan fingerprint density at radius 2 is 1.75 bits per heavy atom. The van der Waals surface area contributed by atoms with Gasteiger partial charge in [0, 0.05) is 32.7 Å². The minimum atomic E-state index is -4.34. The van der Waals surface area contributed by atoms with Crippen LogP contribution in [0.1, 0.15) is 28.4 Å². The first-order chi connectivity index (χ1) is 13.4. The number of ether oxygens (including phenoxy) is 1. The number of piperazine rings is 1. The molecule has 4 nitrogen and oxygen atoms in total. The number of para-hydroxylation sites is 1. The lowest BCUT2D eigenvalue weighted by atomic mass is 10.1. The van der Waals surface area contributed by atoms with E-state index in [1.54, 1.807) is 29.2 Å². The first kappa shape index (κ1) is 20.2. The topological polar surface area (TPSA) is 32.8 Å². The van der Waals surface area contributed by atoms with Gasteiger partial charge in [-0.2, -0.15) is 13.2 Å². The highest BCUT2D eigenvalue weighted by molar-refractivity contribution is 5.97. The molecule has 3 rings (SSSR count). The van der Waals surface area contributed by atoms with E-state index in [2.05, 4.69) is 4.90 Å². The normalized spacial score (nSPS) is 15.5. The molecule has 0 radical (unpaired) electrons. The molecule has 0 aliphatic carbocycles. The van der Waals surface area contributed by atoms with Gasteiger partial charge < -0.3 is 9.64 Å². The average molecular weight is 392 g/mol. The summed E-state index contributed by atoms with van der Waals surface area (Å²) in [4.78, 5) is 16.6. The minimum absolute atomic E-state index is 0.0808. The van der Waals surface area contributed by atoms with E-state index in [4.69, 9.17) is 4.74 Å². The zero-order chi connectivity index (χ0) is 20.1. The molecule has 150 valence electrons. The zero-order valence-electron chi connectivity index (χ0n) is 15.7. The number of hydrogen-bond acceptors (Lipinski definition) is 3. The summed E-state index contributed by atoms with van der Waals surface area (Å²) >= 11 is 0. The Hall–Kier alpha value is -2.54. The molecule has 28 heavy (non-hydrogen) atoms. The van der Waals surface area contributed by atoms with E-state index in [0.29, 0.717) is 56.2 Å². The number of alkyl halides is 3. The number of rotatable bonds is 5. The van der Waals surface area contributed by atoms with E-state index in [-0.39, 0.29) is 5.91 Å². The Morgan fingerprint density at radius 3 is 2.43 bits per heavy atom. The summed E-state index contributed by atoms with van der Waals surface area (Å²) < 4.78 is 44.1. The van der Waals surface area contributed by atoms with Crippen molar-refractivity contribution in [3.05, 3.63) is 65.2 Å². The van der Waals surface area contributed by atoms with Crippen molar-refractivity contribution in [1.29, 1.82) is 0 Å². The number of halogens is 3. The molecule has 1 heterocycles. The molecule has 0 saturated carbocycles. The Bertz CT molecular complexity index is 815. The highest BCUT2D eigenvalue weighted by Gasteiger charge is 2.30. The van der Waals surface area contributed by atoms with Crippen molar-refractivity contribution in [2.24, 2.45) is 0 Å². The van der Waals surface area contributed by atoms with Gasteiger partial charge in [0.2, 0.25) is 0 Å². The molecule has 2 aromatic carbocycles. The number of carbonyl (C=O) groups is 1. The maximum atomic E-state index is 12.9. The van der Waals surface area contributed by atoms with Gasteiger partial charge in [0.15, 0.2) is 0 Å². The predicted molar refractivity (Wildman–Crippen MR) is 100 cm³/mol. The summed E-state index contributed by atoms with van der Waals surface area (Å²) in [5, 5.41) is 0. The number of amides is 1. The molecule has 0 aromatic heterocycles. The van der Waals surface area contributed by atoms with E-state index in [9.17, 15) is 18.0 Å². The van der Waals surface area contributed by atoms with E-state index >= 15 is 0 Å². The second-order valence-corrected chi connectivity index (χ2v) is 6.70. The van der Waals surface area contributed by atoms with Gasteiger partial charge in [0.25, 0.3) is 5.91 Å². The van der Waals surface area contributed by atoms with Gasteiger partial charge in [-0.05, 0) is 30.7 Å². The van der Waals surface area contributed by atoms with E-state index in [1.165, 1.54) is 12.1 Å². The van der Waals surface area contributed by atoms with Crippen molar-refractivity contribution in [3.63, 3.8) is 0 Å². The molecule has 0 bridgehead atoms. The molecule has 0 atom stereocenters. The number of carbonyl (C=O) groups excluding carboxylic acids is 1. The van der Waals surface area contributed by atoms with Crippen LogP contribution in [0.5, 0.6) is 5.75 Å². The van der Waals surface area contributed by atoms with Crippen LogP contribution in [0, 0.1) is 0 Å². The lowest BCUT2D eigenvalue weighted by Crippen LogP contribution is -2.48. The lowest BCUT2D eigenvalue weighted by molar-refractivity contribution is -0.137. The van der Waals surface area contributed by atoms with Gasteiger partial charge in [-0.15, -0.1) is 0 Å². The monoisotopic (exact) mass is 392 g/mol. The van der Waals surface area contributed by atoms with Gasteiger partial charge in [-0.25, -0.2) is 0 Å². The van der Waals surface area contributed by atoms with Crippen molar-refractivity contribution in [2.45, 2.75) is 19.6 Å². The molecule has 1 aliphatic rings. The highest BCUT2D eigenvalue weighted by atomic mass is 19.4. The fourth-order valence-corrected chi connectivity index (χ4v) is 3.31. The standard InChI is InChI=1S/C21H23F3N2O2/c1-2-28-19-9-4-3-8-18(19)20(27)26-12-10-25(11-13-26)15-16-6-5-7-17(14-16)21(22,23)24/h3-9,14H,2,10-13,15H2,1H3. The van der Waals surface area contributed by atoms with Crippen molar-refractivity contribution in [3.8, 4) is 5.75 Å². The van der Waals surface area contributed by atoms with Crippen molar-refractivity contribution < 1.29 is 22.7 Å². The van der Waals surface area contributed by atoms with E-state index in [0.717, 1.165) is 6.07 Å². The second-order valence-electron chi connectivity index (χ2n) is 6.70. The maximum absolute atomic E-state index is 12.9.